The van der Waals surface area contributed by atoms with E-state index < -0.39 is 0 Å². The molecule has 1 aromatic heterocycles. The Hall–Kier alpha value is -2.80. The molecule has 1 atom stereocenters. The number of benzene rings is 1. The predicted molar refractivity (Wildman–Crippen MR) is 115 cm³/mol. The number of imide groups is 1. The SMILES string of the molecule is O=C1CCCC(=O)N1CCC(=O)N1CCC[C@@H]1c1cncc(Cc2cccc(Cl)c2)n1. The highest BCUT2D eigenvalue weighted by molar-refractivity contribution is 6.30. The minimum absolute atomic E-state index is 0.0595. The summed E-state index contributed by atoms with van der Waals surface area (Å²) in [5, 5.41) is 0.680. The lowest BCUT2D eigenvalue weighted by atomic mass is 10.1. The quantitative estimate of drug-likeness (QED) is 0.643. The zero-order chi connectivity index (χ0) is 21.8. The van der Waals surface area contributed by atoms with Gasteiger partial charge in [-0.3, -0.25) is 29.3 Å². The molecule has 2 aliphatic rings. The van der Waals surface area contributed by atoms with Gasteiger partial charge < -0.3 is 4.90 Å². The Labute approximate surface area is 186 Å². The van der Waals surface area contributed by atoms with Crippen molar-refractivity contribution in [2.45, 2.75) is 51.0 Å². The number of rotatable bonds is 6. The van der Waals surface area contributed by atoms with Crippen molar-refractivity contribution in [1.82, 2.24) is 19.8 Å². The maximum absolute atomic E-state index is 12.9. The first kappa shape index (κ1) is 21.4. The summed E-state index contributed by atoms with van der Waals surface area (Å²) in [4.78, 5) is 49.0. The average molecular weight is 441 g/mol. The highest BCUT2D eigenvalue weighted by atomic mass is 35.5. The largest absolute Gasteiger partial charge is 0.334 e. The molecule has 0 saturated carbocycles. The molecule has 3 heterocycles. The van der Waals surface area contributed by atoms with Crippen molar-refractivity contribution < 1.29 is 14.4 Å². The summed E-state index contributed by atoms with van der Waals surface area (Å²) in [6.07, 6.45) is 7.27. The van der Waals surface area contributed by atoms with Gasteiger partial charge in [0.2, 0.25) is 17.7 Å². The molecule has 0 bridgehead atoms. The summed E-state index contributed by atoms with van der Waals surface area (Å²) in [5.41, 5.74) is 2.65. The predicted octanol–water partition coefficient (Wildman–Crippen LogP) is 3.31. The van der Waals surface area contributed by atoms with E-state index in [1.54, 1.807) is 12.4 Å². The third-order valence-electron chi connectivity index (χ3n) is 5.82. The molecule has 0 unspecified atom stereocenters. The molecule has 1 aromatic carbocycles. The second-order valence-corrected chi connectivity index (χ2v) is 8.47. The minimum atomic E-state index is -0.179. The molecule has 2 aromatic rings. The summed E-state index contributed by atoms with van der Waals surface area (Å²) in [5.74, 6) is -0.418. The van der Waals surface area contributed by atoms with Gasteiger partial charge in [-0.1, -0.05) is 23.7 Å². The van der Waals surface area contributed by atoms with Crippen LogP contribution in [0.25, 0.3) is 0 Å². The molecule has 0 aliphatic carbocycles. The van der Waals surface area contributed by atoms with Gasteiger partial charge in [0, 0.05) is 50.0 Å². The summed E-state index contributed by atoms with van der Waals surface area (Å²) >= 11 is 6.08. The fourth-order valence-electron chi connectivity index (χ4n) is 4.30. The van der Waals surface area contributed by atoms with Gasteiger partial charge in [0.05, 0.1) is 23.6 Å². The standard InChI is InChI=1S/C23H25ClN4O3/c24-17-5-1-4-16(12-17)13-18-14-25-15-19(26-18)20-6-3-10-27(20)23(31)9-11-28-21(29)7-2-8-22(28)30/h1,4-5,12,14-15,20H,2-3,6-11,13H2/t20-/m1/s1. The zero-order valence-electron chi connectivity index (χ0n) is 17.3. The molecular formula is C23H25ClN4O3. The Morgan fingerprint density at radius 2 is 1.94 bits per heavy atom. The summed E-state index contributed by atoms with van der Waals surface area (Å²) in [6, 6.07) is 7.51. The minimum Gasteiger partial charge on any atom is -0.334 e. The summed E-state index contributed by atoms with van der Waals surface area (Å²) < 4.78 is 0. The maximum Gasteiger partial charge on any atom is 0.229 e. The number of nitrogens with zero attached hydrogens (tertiary/aromatic N) is 4. The molecule has 0 radical (unpaired) electrons. The van der Waals surface area contributed by atoms with E-state index in [1.807, 2.05) is 29.2 Å². The Morgan fingerprint density at radius 1 is 1.13 bits per heavy atom. The molecule has 0 N–H and O–H groups in total. The molecule has 2 fully saturated rings. The van der Waals surface area contributed by atoms with Crippen LogP contribution in [0.15, 0.2) is 36.7 Å². The van der Waals surface area contributed by atoms with E-state index in [9.17, 15) is 14.4 Å². The van der Waals surface area contributed by atoms with Crippen LogP contribution in [0.1, 0.15) is 61.5 Å². The number of hydrogen-bond acceptors (Lipinski definition) is 5. The first-order valence-electron chi connectivity index (χ1n) is 10.7. The van der Waals surface area contributed by atoms with Gasteiger partial charge in [-0.2, -0.15) is 0 Å². The first-order valence-corrected chi connectivity index (χ1v) is 11.1. The lowest BCUT2D eigenvalue weighted by molar-refractivity contribution is -0.148. The van der Waals surface area contributed by atoms with Crippen LogP contribution in [0.4, 0.5) is 0 Å². The van der Waals surface area contributed by atoms with Crippen molar-refractivity contribution in [2.24, 2.45) is 0 Å². The molecule has 8 heteroatoms. The third-order valence-corrected chi connectivity index (χ3v) is 6.06. The second-order valence-electron chi connectivity index (χ2n) is 8.03. The normalized spacial score (nSPS) is 19.2. The maximum atomic E-state index is 12.9. The molecule has 0 spiro atoms. The van der Waals surface area contributed by atoms with Crippen LogP contribution < -0.4 is 0 Å². The fourth-order valence-corrected chi connectivity index (χ4v) is 4.51. The van der Waals surface area contributed by atoms with E-state index in [0.29, 0.717) is 37.3 Å². The number of hydrogen-bond donors (Lipinski definition) is 0. The van der Waals surface area contributed by atoms with Crippen LogP contribution in [0.3, 0.4) is 0 Å². The molecule has 4 rings (SSSR count). The average Bonchev–Trinajstić information content (AvgIpc) is 3.24. The van der Waals surface area contributed by atoms with Crippen molar-refractivity contribution in [1.29, 1.82) is 0 Å². The topological polar surface area (TPSA) is 83.5 Å². The molecular weight excluding hydrogens is 416 g/mol. The van der Waals surface area contributed by atoms with Crippen LogP contribution in [0.5, 0.6) is 0 Å². The Kier molecular flexibility index (Phi) is 6.61. The van der Waals surface area contributed by atoms with Gasteiger partial charge in [0.25, 0.3) is 0 Å². The first-order chi connectivity index (χ1) is 15.0. The van der Waals surface area contributed by atoms with Crippen molar-refractivity contribution in [3.63, 3.8) is 0 Å². The molecule has 7 nitrogen and oxygen atoms in total. The van der Waals surface area contributed by atoms with E-state index >= 15 is 0 Å². The lowest BCUT2D eigenvalue weighted by Gasteiger charge is -2.27. The number of aromatic nitrogens is 2. The van der Waals surface area contributed by atoms with Crippen LogP contribution in [0.2, 0.25) is 5.02 Å². The van der Waals surface area contributed by atoms with Crippen molar-refractivity contribution in [3.05, 3.63) is 58.6 Å². The monoisotopic (exact) mass is 440 g/mol. The third kappa shape index (κ3) is 5.10. The summed E-state index contributed by atoms with van der Waals surface area (Å²) in [6.45, 7) is 0.797. The van der Waals surface area contributed by atoms with Crippen molar-refractivity contribution in [2.75, 3.05) is 13.1 Å². The smallest absolute Gasteiger partial charge is 0.229 e. The van der Waals surface area contributed by atoms with Gasteiger partial charge in [-0.15, -0.1) is 0 Å². The summed E-state index contributed by atoms with van der Waals surface area (Å²) in [7, 11) is 0. The van der Waals surface area contributed by atoms with Crippen molar-refractivity contribution in [3.8, 4) is 0 Å². The second kappa shape index (κ2) is 9.56. The Balaban J connectivity index is 1.42. The van der Waals surface area contributed by atoms with Gasteiger partial charge in [0.1, 0.15) is 0 Å². The Bertz CT molecular complexity index is 980. The molecule has 162 valence electrons. The van der Waals surface area contributed by atoms with Crippen LogP contribution in [-0.2, 0) is 20.8 Å². The zero-order valence-corrected chi connectivity index (χ0v) is 18.1. The van der Waals surface area contributed by atoms with Gasteiger partial charge in [-0.25, -0.2) is 0 Å². The van der Waals surface area contributed by atoms with Gasteiger partial charge >= 0.3 is 0 Å². The van der Waals surface area contributed by atoms with Crippen LogP contribution >= 0.6 is 11.6 Å². The van der Waals surface area contributed by atoms with Gasteiger partial charge in [-0.05, 0) is 37.0 Å². The van der Waals surface area contributed by atoms with Crippen molar-refractivity contribution >= 4 is 29.3 Å². The molecule has 31 heavy (non-hydrogen) atoms. The number of halogens is 1. The molecule has 3 amide bonds. The van der Waals surface area contributed by atoms with E-state index in [1.165, 1.54) is 4.90 Å². The number of carbonyl (C=O) groups is 3. The van der Waals surface area contributed by atoms with E-state index in [2.05, 4.69) is 4.98 Å². The van der Waals surface area contributed by atoms with E-state index in [-0.39, 0.29) is 36.7 Å². The molecule has 2 saturated heterocycles. The fraction of sp³-hybridized carbons (Fsp3) is 0.435. The highest BCUT2D eigenvalue weighted by Gasteiger charge is 2.32. The van der Waals surface area contributed by atoms with E-state index in [0.717, 1.165) is 29.8 Å². The molecule has 2 aliphatic heterocycles. The Morgan fingerprint density at radius 3 is 2.71 bits per heavy atom. The number of piperidine rings is 1. The van der Waals surface area contributed by atoms with E-state index in [4.69, 9.17) is 16.6 Å². The number of carbonyl (C=O) groups excluding carboxylic acids is 3. The lowest BCUT2D eigenvalue weighted by Crippen LogP contribution is -2.42. The number of amides is 3. The van der Waals surface area contributed by atoms with Crippen LogP contribution in [0, 0.1) is 0 Å². The van der Waals surface area contributed by atoms with Crippen LogP contribution in [-0.4, -0.2) is 50.6 Å². The van der Waals surface area contributed by atoms with Gasteiger partial charge in [0.15, 0.2) is 0 Å². The number of likely N-dealkylation sites (tertiary alicyclic amines) is 2. The highest BCUT2D eigenvalue weighted by Crippen LogP contribution is 2.31.